The SMILES string of the molecule is C[C@H]1N(C(=O)c2ccc(OCC(F)(F)F)cc2)CC(=O)O[C@@]1(Cn1cncn1)c1ccc(F)cc1F. The summed E-state index contributed by atoms with van der Waals surface area (Å²) in [6, 6.07) is 6.67. The molecule has 1 aliphatic rings. The van der Waals surface area contributed by atoms with Crippen LogP contribution in [0.5, 0.6) is 5.75 Å². The summed E-state index contributed by atoms with van der Waals surface area (Å²) in [5.41, 5.74) is -1.93. The minimum atomic E-state index is -4.53. The molecule has 190 valence electrons. The van der Waals surface area contributed by atoms with Gasteiger partial charge in [-0.3, -0.25) is 9.59 Å². The topological polar surface area (TPSA) is 86.5 Å². The van der Waals surface area contributed by atoms with Crippen LogP contribution in [0, 0.1) is 11.6 Å². The Labute approximate surface area is 201 Å². The summed E-state index contributed by atoms with van der Waals surface area (Å²) < 4.78 is 77.4. The number of cyclic esters (lactones) is 1. The molecule has 1 saturated heterocycles. The van der Waals surface area contributed by atoms with Gasteiger partial charge < -0.3 is 14.4 Å². The van der Waals surface area contributed by atoms with Gasteiger partial charge in [0.25, 0.3) is 5.91 Å². The summed E-state index contributed by atoms with van der Waals surface area (Å²) in [6.07, 6.45) is -2.00. The van der Waals surface area contributed by atoms with Crippen molar-refractivity contribution in [2.75, 3.05) is 13.2 Å². The predicted molar refractivity (Wildman–Crippen MR) is 113 cm³/mol. The average molecular weight is 510 g/mol. The van der Waals surface area contributed by atoms with Gasteiger partial charge >= 0.3 is 12.1 Å². The third-order valence-corrected chi connectivity index (χ3v) is 5.75. The number of hydrogen-bond donors (Lipinski definition) is 0. The first-order valence-corrected chi connectivity index (χ1v) is 10.6. The number of rotatable bonds is 6. The number of amides is 1. The van der Waals surface area contributed by atoms with E-state index in [9.17, 15) is 31.5 Å². The fourth-order valence-electron chi connectivity index (χ4n) is 4.04. The molecule has 1 aliphatic heterocycles. The summed E-state index contributed by atoms with van der Waals surface area (Å²) >= 11 is 0. The van der Waals surface area contributed by atoms with E-state index in [0.717, 1.165) is 17.0 Å². The van der Waals surface area contributed by atoms with E-state index in [1.165, 1.54) is 48.5 Å². The van der Waals surface area contributed by atoms with Crippen LogP contribution >= 0.6 is 0 Å². The Balaban J connectivity index is 1.68. The molecule has 2 atom stereocenters. The Kier molecular flexibility index (Phi) is 6.65. The van der Waals surface area contributed by atoms with Crippen molar-refractivity contribution in [3.05, 3.63) is 77.9 Å². The maximum Gasteiger partial charge on any atom is 0.422 e. The third kappa shape index (κ3) is 5.14. The number of nitrogens with zero attached hydrogens (tertiary/aromatic N) is 4. The number of hydrogen-bond acceptors (Lipinski definition) is 6. The number of halogens is 5. The molecular formula is C23H19F5N4O4. The van der Waals surface area contributed by atoms with Crippen LogP contribution in [0.2, 0.25) is 0 Å². The summed E-state index contributed by atoms with van der Waals surface area (Å²) in [7, 11) is 0. The number of carbonyl (C=O) groups excluding carboxylic acids is 2. The van der Waals surface area contributed by atoms with E-state index < -0.39 is 54.5 Å². The minimum Gasteiger partial charge on any atom is -0.484 e. The van der Waals surface area contributed by atoms with Crippen LogP contribution < -0.4 is 4.74 Å². The Morgan fingerprint density at radius 2 is 1.92 bits per heavy atom. The zero-order valence-corrected chi connectivity index (χ0v) is 18.7. The molecule has 1 amide bonds. The highest BCUT2D eigenvalue weighted by molar-refractivity contribution is 5.97. The van der Waals surface area contributed by atoms with E-state index in [1.807, 2.05) is 0 Å². The number of carbonyl (C=O) groups is 2. The maximum atomic E-state index is 15.0. The monoisotopic (exact) mass is 510 g/mol. The van der Waals surface area contributed by atoms with Crippen molar-refractivity contribution in [3.8, 4) is 5.75 Å². The number of esters is 1. The average Bonchev–Trinajstić information content (AvgIpc) is 3.32. The van der Waals surface area contributed by atoms with E-state index >= 15 is 0 Å². The van der Waals surface area contributed by atoms with Crippen LogP contribution in [0.3, 0.4) is 0 Å². The largest absolute Gasteiger partial charge is 0.484 e. The van der Waals surface area contributed by atoms with Crippen LogP contribution in [0.25, 0.3) is 0 Å². The van der Waals surface area contributed by atoms with E-state index in [1.54, 1.807) is 0 Å². The van der Waals surface area contributed by atoms with Gasteiger partial charge in [-0.1, -0.05) is 0 Å². The first-order chi connectivity index (χ1) is 17.0. The van der Waals surface area contributed by atoms with Crippen LogP contribution in [0.1, 0.15) is 22.8 Å². The van der Waals surface area contributed by atoms with E-state index in [-0.39, 0.29) is 23.4 Å². The molecule has 3 aromatic rings. The van der Waals surface area contributed by atoms with E-state index in [2.05, 4.69) is 14.8 Å². The molecule has 2 heterocycles. The molecule has 8 nitrogen and oxygen atoms in total. The highest BCUT2D eigenvalue weighted by Gasteiger charge is 2.52. The second-order valence-corrected chi connectivity index (χ2v) is 8.12. The van der Waals surface area contributed by atoms with Crippen LogP contribution in [-0.2, 0) is 21.7 Å². The zero-order chi connectivity index (χ0) is 26.1. The lowest BCUT2D eigenvalue weighted by Crippen LogP contribution is -2.61. The summed E-state index contributed by atoms with van der Waals surface area (Å²) in [5.74, 6) is -3.45. The Bertz CT molecular complexity index is 1250. The van der Waals surface area contributed by atoms with Crippen molar-refractivity contribution < 1.29 is 41.0 Å². The second kappa shape index (κ2) is 9.55. The van der Waals surface area contributed by atoms with Gasteiger partial charge in [0, 0.05) is 17.2 Å². The van der Waals surface area contributed by atoms with Gasteiger partial charge in [-0.15, -0.1) is 0 Å². The second-order valence-electron chi connectivity index (χ2n) is 8.12. The number of alkyl halides is 3. The molecule has 0 aliphatic carbocycles. The highest BCUT2D eigenvalue weighted by atomic mass is 19.4. The standard InChI is InChI=1S/C23H19F5N4O4/c1-14-22(10-31-13-29-12-30-31,18-7-4-16(24)8-19(18)25)36-20(33)9-32(14)21(34)15-2-5-17(6-3-15)35-11-23(26,27)28/h2-8,12-14H,9-11H2,1H3/t14-,22-/m1/s1. The van der Waals surface area contributed by atoms with Gasteiger partial charge in [0.2, 0.25) is 0 Å². The van der Waals surface area contributed by atoms with Crippen molar-refractivity contribution in [2.45, 2.75) is 31.3 Å². The first kappa shape index (κ1) is 25.1. The number of morpholine rings is 1. The van der Waals surface area contributed by atoms with Gasteiger partial charge in [-0.2, -0.15) is 18.3 Å². The summed E-state index contributed by atoms with van der Waals surface area (Å²) in [4.78, 5) is 31.0. The van der Waals surface area contributed by atoms with Gasteiger partial charge in [0.1, 0.15) is 36.6 Å². The predicted octanol–water partition coefficient (Wildman–Crippen LogP) is 3.48. The quantitative estimate of drug-likeness (QED) is 0.373. The fraction of sp³-hybridized carbons (Fsp3) is 0.304. The summed E-state index contributed by atoms with van der Waals surface area (Å²) in [5, 5.41) is 3.98. The lowest BCUT2D eigenvalue weighted by atomic mass is 9.83. The van der Waals surface area contributed by atoms with Gasteiger partial charge in [-0.25, -0.2) is 18.4 Å². The van der Waals surface area contributed by atoms with Crippen LogP contribution in [0.4, 0.5) is 22.0 Å². The molecule has 0 saturated carbocycles. The van der Waals surface area contributed by atoms with Crippen molar-refractivity contribution in [3.63, 3.8) is 0 Å². The van der Waals surface area contributed by atoms with Crippen LogP contribution in [0.15, 0.2) is 55.1 Å². The van der Waals surface area contributed by atoms with Crippen molar-refractivity contribution in [1.29, 1.82) is 0 Å². The zero-order valence-electron chi connectivity index (χ0n) is 18.7. The fourth-order valence-corrected chi connectivity index (χ4v) is 4.04. The number of ether oxygens (including phenoxy) is 2. The molecular weight excluding hydrogens is 491 g/mol. The van der Waals surface area contributed by atoms with Crippen molar-refractivity contribution in [2.24, 2.45) is 0 Å². The molecule has 0 unspecified atom stereocenters. The Morgan fingerprint density at radius 3 is 2.53 bits per heavy atom. The minimum absolute atomic E-state index is 0.0464. The molecule has 1 fully saturated rings. The number of benzene rings is 2. The van der Waals surface area contributed by atoms with Gasteiger partial charge in [-0.05, 0) is 43.3 Å². The molecule has 0 radical (unpaired) electrons. The normalized spacial score (nSPS) is 20.2. The molecule has 0 bridgehead atoms. The Morgan fingerprint density at radius 1 is 1.19 bits per heavy atom. The lowest BCUT2D eigenvalue weighted by molar-refractivity contribution is -0.186. The Hall–Kier alpha value is -4.03. The molecule has 0 N–H and O–H groups in total. The highest BCUT2D eigenvalue weighted by Crippen LogP contribution is 2.39. The third-order valence-electron chi connectivity index (χ3n) is 5.75. The lowest BCUT2D eigenvalue weighted by Gasteiger charge is -2.47. The molecule has 1 aromatic heterocycles. The van der Waals surface area contributed by atoms with Crippen molar-refractivity contribution >= 4 is 11.9 Å². The first-order valence-electron chi connectivity index (χ1n) is 10.6. The van der Waals surface area contributed by atoms with Crippen molar-refractivity contribution in [1.82, 2.24) is 19.7 Å². The van der Waals surface area contributed by atoms with E-state index in [4.69, 9.17) is 4.74 Å². The molecule has 4 rings (SSSR count). The van der Waals surface area contributed by atoms with Gasteiger partial charge in [0.05, 0.1) is 12.6 Å². The van der Waals surface area contributed by atoms with Crippen LogP contribution in [-0.4, -0.2) is 56.9 Å². The summed E-state index contributed by atoms with van der Waals surface area (Å²) in [6.45, 7) is -0.682. The smallest absolute Gasteiger partial charge is 0.422 e. The number of aromatic nitrogens is 3. The molecule has 13 heteroatoms. The molecule has 36 heavy (non-hydrogen) atoms. The molecule has 0 spiro atoms. The van der Waals surface area contributed by atoms with E-state index in [0.29, 0.717) is 6.07 Å². The maximum absolute atomic E-state index is 15.0. The van der Waals surface area contributed by atoms with Gasteiger partial charge in [0.15, 0.2) is 12.2 Å². The molecule has 2 aromatic carbocycles.